The summed E-state index contributed by atoms with van der Waals surface area (Å²) in [4.78, 5) is 0. The number of hydrogen-bond donors (Lipinski definition) is 0. The monoisotopic (exact) mass is 160 g/mol. The standard InChI is InChI=1S/C11H12O/c1-9-7-10-5-3-2-4-6-11(10)12-8-9/h2-3,5-7H,4,8H2,1H3. The molecule has 0 aromatic heterocycles. The lowest BCUT2D eigenvalue weighted by Gasteiger charge is -2.17. The summed E-state index contributed by atoms with van der Waals surface area (Å²) in [6, 6.07) is 0. The van der Waals surface area contributed by atoms with Crippen molar-refractivity contribution in [1.82, 2.24) is 0 Å². The number of rotatable bonds is 0. The van der Waals surface area contributed by atoms with Crippen molar-refractivity contribution in [2.24, 2.45) is 0 Å². The van der Waals surface area contributed by atoms with E-state index in [0.717, 1.165) is 18.8 Å². The number of allylic oxidation sites excluding steroid dienone is 5. The largest absolute Gasteiger partial charge is 0.489 e. The summed E-state index contributed by atoms with van der Waals surface area (Å²) < 4.78 is 5.56. The van der Waals surface area contributed by atoms with Gasteiger partial charge in [-0.15, -0.1) is 0 Å². The zero-order valence-electron chi connectivity index (χ0n) is 7.21. The van der Waals surface area contributed by atoms with E-state index in [1.54, 1.807) is 0 Å². The molecule has 0 spiro atoms. The second-order valence-electron chi connectivity index (χ2n) is 3.13. The van der Waals surface area contributed by atoms with E-state index in [9.17, 15) is 0 Å². The van der Waals surface area contributed by atoms with E-state index in [2.05, 4.69) is 37.3 Å². The summed E-state index contributed by atoms with van der Waals surface area (Å²) in [5, 5.41) is 0. The van der Waals surface area contributed by atoms with Crippen LogP contribution in [-0.4, -0.2) is 6.61 Å². The highest BCUT2D eigenvalue weighted by Crippen LogP contribution is 2.23. The first kappa shape index (κ1) is 7.41. The van der Waals surface area contributed by atoms with Gasteiger partial charge in [0.25, 0.3) is 0 Å². The fourth-order valence-corrected chi connectivity index (χ4v) is 1.39. The Morgan fingerprint density at radius 3 is 3.25 bits per heavy atom. The Morgan fingerprint density at radius 2 is 2.33 bits per heavy atom. The third kappa shape index (κ3) is 1.35. The molecule has 1 nitrogen and oxygen atoms in total. The summed E-state index contributed by atoms with van der Waals surface area (Å²) in [5.74, 6) is 1.03. The van der Waals surface area contributed by atoms with Gasteiger partial charge in [-0.3, -0.25) is 0 Å². The Balaban J connectivity index is 2.39. The predicted octanol–water partition coefficient (Wildman–Crippen LogP) is 2.73. The number of ether oxygens (including phenoxy) is 1. The summed E-state index contributed by atoms with van der Waals surface area (Å²) in [6.45, 7) is 2.83. The summed E-state index contributed by atoms with van der Waals surface area (Å²) >= 11 is 0. The zero-order chi connectivity index (χ0) is 8.39. The molecule has 0 saturated heterocycles. The lowest BCUT2D eigenvalue weighted by atomic mass is 10.1. The zero-order valence-corrected chi connectivity index (χ0v) is 7.21. The molecule has 0 atom stereocenters. The van der Waals surface area contributed by atoms with Crippen molar-refractivity contribution in [2.75, 3.05) is 6.61 Å². The predicted molar refractivity (Wildman–Crippen MR) is 49.6 cm³/mol. The summed E-state index contributed by atoms with van der Waals surface area (Å²) in [7, 11) is 0. The van der Waals surface area contributed by atoms with Gasteiger partial charge in [-0.05, 0) is 31.1 Å². The van der Waals surface area contributed by atoms with Crippen LogP contribution in [0, 0.1) is 0 Å². The first-order valence-corrected chi connectivity index (χ1v) is 4.23. The van der Waals surface area contributed by atoms with E-state index in [1.165, 1.54) is 11.1 Å². The Morgan fingerprint density at radius 1 is 1.42 bits per heavy atom. The van der Waals surface area contributed by atoms with Crippen LogP contribution in [0.25, 0.3) is 0 Å². The maximum atomic E-state index is 5.56. The molecule has 1 aliphatic carbocycles. The van der Waals surface area contributed by atoms with Crippen LogP contribution in [0.4, 0.5) is 0 Å². The molecular formula is C11H12O. The molecule has 1 heterocycles. The maximum absolute atomic E-state index is 5.56. The van der Waals surface area contributed by atoms with Crippen molar-refractivity contribution < 1.29 is 4.74 Å². The van der Waals surface area contributed by atoms with Gasteiger partial charge < -0.3 is 4.74 Å². The molecule has 0 aromatic carbocycles. The fourth-order valence-electron chi connectivity index (χ4n) is 1.39. The van der Waals surface area contributed by atoms with E-state index < -0.39 is 0 Å². The maximum Gasteiger partial charge on any atom is 0.123 e. The van der Waals surface area contributed by atoms with E-state index in [0.29, 0.717) is 0 Å². The highest BCUT2D eigenvalue weighted by molar-refractivity contribution is 5.44. The normalized spacial score (nSPS) is 21.2. The Hall–Kier alpha value is -1.24. The molecule has 12 heavy (non-hydrogen) atoms. The summed E-state index contributed by atoms with van der Waals surface area (Å²) in [6.07, 6.45) is 11.6. The van der Waals surface area contributed by atoms with Gasteiger partial charge in [0.15, 0.2) is 0 Å². The first-order chi connectivity index (χ1) is 5.86. The van der Waals surface area contributed by atoms with Crippen molar-refractivity contribution in [3.8, 4) is 0 Å². The van der Waals surface area contributed by atoms with E-state index >= 15 is 0 Å². The van der Waals surface area contributed by atoms with Crippen LogP contribution in [0.5, 0.6) is 0 Å². The van der Waals surface area contributed by atoms with E-state index in [1.807, 2.05) is 0 Å². The van der Waals surface area contributed by atoms with Crippen molar-refractivity contribution >= 4 is 0 Å². The minimum absolute atomic E-state index is 0.739. The molecule has 0 aromatic rings. The van der Waals surface area contributed by atoms with Crippen molar-refractivity contribution in [3.63, 3.8) is 0 Å². The highest BCUT2D eigenvalue weighted by Gasteiger charge is 2.10. The average molecular weight is 160 g/mol. The van der Waals surface area contributed by atoms with Crippen molar-refractivity contribution in [3.05, 3.63) is 47.3 Å². The Kier molecular flexibility index (Phi) is 1.86. The van der Waals surface area contributed by atoms with Gasteiger partial charge in [-0.25, -0.2) is 0 Å². The van der Waals surface area contributed by atoms with E-state index in [4.69, 9.17) is 4.74 Å². The third-order valence-corrected chi connectivity index (χ3v) is 1.99. The number of hydrogen-bond acceptors (Lipinski definition) is 1. The van der Waals surface area contributed by atoms with Crippen LogP contribution >= 0.6 is 0 Å². The average Bonchev–Trinajstić information content (AvgIpc) is 2.28. The Bertz CT molecular complexity index is 303. The van der Waals surface area contributed by atoms with Crippen LogP contribution in [-0.2, 0) is 4.74 Å². The van der Waals surface area contributed by atoms with Gasteiger partial charge in [0.1, 0.15) is 12.4 Å². The molecule has 1 heteroatoms. The molecule has 1 aliphatic heterocycles. The highest BCUT2D eigenvalue weighted by atomic mass is 16.5. The minimum atomic E-state index is 0.739. The van der Waals surface area contributed by atoms with Gasteiger partial charge in [0.2, 0.25) is 0 Å². The Labute approximate surface area is 72.7 Å². The molecule has 62 valence electrons. The van der Waals surface area contributed by atoms with Gasteiger partial charge in [-0.1, -0.05) is 18.2 Å². The second-order valence-corrected chi connectivity index (χ2v) is 3.13. The van der Waals surface area contributed by atoms with Crippen LogP contribution in [0.1, 0.15) is 13.3 Å². The minimum Gasteiger partial charge on any atom is -0.489 e. The molecule has 0 radical (unpaired) electrons. The quantitative estimate of drug-likeness (QED) is 0.529. The molecule has 2 rings (SSSR count). The molecule has 0 amide bonds. The van der Waals surface area contributed by atoms with Crippen LogP contribution < -0.4 is 0 Å². The molecule has 0 unspecified atom stereocenters. The van der Waals surface area contributed by atoms with Gasteiger partial charge >= 0.3 is 0 Å². The van der Waals surface area contributed by atoms with Crippen LogP contribution in [0.2, 0.25) is 0 Å². The third-order valence-electron chi connectivity index (χ3n) is 1.99. The van der Waals surface area contributed by atoms with Gasteiger partial charge in [0.05, 0.1) is 0 Å². The first-order valence-electron chi connectivity index (χ1n) is 4.23. The van der Waals surface area contributed by atoms with Crippen molar-refractivity contribution in [1.29, 1.82) is 0 Å². The topological polar surface area (TPSA) is 9.23 Å². The molecule has 2 aliphatic rings. The molecule has 0 N–H and O–H groups in total. The lowest BCUT2D eigenvalue weighted by Crippen LogP contribution is -2.04. The molecular weight excluding hydrogens is 148 g/mol. The van der Waals surface area contributed by atoms with Gasteiger partial charge in [0, 0.05) is 5.57 Å². The smallest absolute Gasteiger partial charge is 0.123 e. The van der Waals surface area contributed by atoms with Crippen LogP contribution in [0.3, 0.4) is 0 Å². The number of fused-ring (bicyclic) bond motifs is 1. The lowest BCUT2D eigenvalue weighted by molar-refractivity contribution is 0.241. The molecule has 0 saturated carbocycles. The fraction of sp³-hybridized carbons (Fsp3) is 0.273. The van der Waals surface area contributed by atoms with Gasteiger partial charge in [-0.2, -0.15) is 0 Å². The van der Waals surface area contributed by atoms with Crippen LogP contribution in [0.15, 0.2) is 47.3 Å². The SMILES string of the molecule is CC1=CC2=CC=CCC=C2OC1. The second kappa shape index (κ2) is 3.02. The van der Waals surface area contributed by atoms with Crippen molar-refractivity contribution in [2.45, 2.75) is 13.3 Å². The summed E-state index contributed by atoms with van der Waals surface area (Å²) in [5.41, 5.74) is 2.49. The molecule has 0 bridgehead atoms. The molecule has 0 fully saturated rings. The van der Waals surface area contributed by atoms with E-state index in [-0.39, 0.29) is 0 Å².